The number of hydrogen-bond acceptors (Lipinski definition) is 4. The quantitative estimate of drug-likeness (QED) is 0.310. The van der Waals surface area contributed by atoms with Gasteiger partial charge in [0.1, 0.15) is 0 Å². The van der Waals surface area contributed by atoms with E-state index in [1.807, 2.05) is 18.2 Å². The molecule has 3 aromatic carbocycles. The van der Waals surface area contributed by atoms with Gasteiger partial charge in [0, 0.05) is 16.1 Å². The largest absolute Gasteiger partial charge is 0.352 e. The average molecular weight is 496 g/mol. The first-order valence-corrected chi connectivity index (χ1v) is 12.2. The zero-order chi connectivity index (χ0) is 22.9. The summed E-state index contributed by atoms with van der Waals surface area (Å²) in [5.41, 5.74) is 3.38. The minimum absolute atomic E-state index is 0.0778. The van der Waals surface area contributed by atoms with E-state index in [0.29, 0.717) is 31.8 Å². The van der Waals surface area contributed by atoms with Crippen LogP contribution in [0.1, 0.15) is 11.1 Å². The van der Waals surface area contributed by atoms with Crippen LogP contribution in [0, 0.1) is 0 Å². The molecule has 0 atom stereocenters. The zero-order valence-electron chi connectivity index (χ0n) is 17.4. The van der Waals surface area contributed by atoms with Crippen LogP contribution in [0.25, 0.3) is 16.6 Å². The number of aromatic nitrogens is 2. The van der Waals surface area contributed by atoms with Gasteiger partial charge in [-0.3, -0.25) is 14.2 Å². The summed E-state index contributed by atoms with van der Waals surface area (Å²) in [6.07, 6.45) is 1.65. The van der Waals surface area contributed by atoms with Crippen LogP contribution in [0.2, 0.25) is 10.0 Å². The smallest absolute Gasteiger partial charge is 0.266 e. The number of rotatable bonds is 5. The lowest BCUT2D eigenvalue weighted by atomic mass is 10.1. The highest BCUT2D eigenvalue weighted by Gasteiger charge is 2.23. The van der Waals surface area contributed by atoms with Gasteiger partial charge in [-0.2, -0.15) is 0 Å². The number of benzene rings is 3. The summed E-state index contributed by atoms with van der Waals surface area (Å²) in [7, 11) is 0. The summed E-state index contributed by atoms with van der Waals surface area (Å²) in [5.74, 6) is 0.0298. The van der Waals surface area contributed by atoms with E-state index >= 15 is 0 Å². The molecule has 1 heterocycles. The molecule has 33 heavy (non-hydrogen) atoms. The fourth-order valence-corrected chi connectivity index (χ4v) is 5.50. The molecule has 1 aromatic heterocycles. The van der Waals surface area contributed by atoms with Crippen molar-refractivity contribution < 1.29 is 4.79 Å². The van der Waals surface area contributed by atoms with Crippen molar-refractivity contribution in [2.45, 2.75) is 24.0 Å². The minimum Gasteiger partial charge on any atom is -0.352 e. The van der Waals surface area contributed by atoms with Crippen molar-refractivity contribution in [3.05, 3.63) is 98.3 Å². The highest BCUT2D eigenvalue weighted by Crippen LogP contribution is 2.26. The molecule has 0 aliphatic heterocycles. The minimum atomic E-state index is -0.243. The van der Waals surface area contributed by atoms with Gasteiger partial charge in [-0.15, -0.1) is 0 Å². The van der Waals surface area contributed by atoms with E-state index in [1.165, 1.54) is 27.5 Å². The van der Waals surface area contributed by atoms with Crippen LogP contribution in [-0.2, 0) is 17.6 Å². The summed E-state index contributed by atoms with van der Waals surface area (Å²) < 4.78 is 1.46. The average Bonchev–Trinajstić information content (AvgIpc) is 3.19. The number of fused-ring (bicyclic) bond motifs is 2. The second kappa shape index (κ2) is 9.21. The highest BCUT2D eigenvalue weighted by molar-refractivity contribution is 7.99. The van der Waals surface area contributed by atoms with E-state index in [4.69, 9.17) is 23.2 Å². The fourth-order valence-electron chi connectivity index (χ4n) is 4.17. The standard InChI is InChI=1S/C25H19Cl2N3O2S/c26-17-11-18(27)13-20(12-17)30-24(32)21-7-3-4-8-22(21)29-25(30)33-14-23(31)28-19-9-15-5-1-2-6-16(15)10-19/h1-8,11-13,19H,9-10,14H2,(H,28,31). The number of hydrogen-bond donors (Lipinski definition) is 1. The van der Waals surface area contributed by atoms with E-state index in [0.717, 1.165) is 12.8 Å². The molecule has 4 aromatic rings. The Morgan fingerprint density at radius 3 is 2.33 bits per heavy atom. The summed E-state index contributed by atoms with van der Waals surface area (Å²) in [4.78, 5) is 30.8. The lowest BCUT2D eigenvalue weighted by Gasteiger charge is -2.15. The fraction of sp³-hybridized carbons (Fsp3) is 0.160. The number of carbonyl (C=O) groups excluding carboxylic acids is 1. The van der Waals surface area contributed by atoms with E-state index in [2.05, 4.69) is 22.4 Å². The van der Waals surface area contributed by atoms with Crippen LogP contribution in [0.5, 0.6) is 0 Å². The monoisotopic (exact) mass is 495 g/mol. The van der Waals surface area contributed by atoms with Gasteiger partial charge in [0.25, 0.3) is 5.56 Å². The van der Waals surface area contributed by atoms with Gasteiger partial charge in [-0.25, -0.2) is 4.98 Å². The molecule has 1 aliphatic rings. The van der Waals surface area contributed by atoms with E-state index in [1.54, 1.807) is 36.4 Å². The van der Waals surface area contributed by atoms with Crippen molar-refractivity contribution in [3.63, 3.8) is 0 Å². The van der Waals surface area contributed by atoms with Crippen LogP contribution < -0.4 is 10.9 Å². The molecule has 1 amide bonds. The van der Waals surface area contributed by atoms with Crippen molar-refractivity contribution in [2.24, 2.45) is 0 Å². The summed E-state index contributed by atoms with van der Waals surface area (Å²) in [6.45, 7) is 0. The molecule has 5 rings (SSSR count). The van der Waals surface area contributed by atoms with Crippen molar-refractivity contribution in [1.82, 2.24) is 14.9 Å². The van der Waals surface area contributed by atoms with E-state index in [-0.39, 0.29) is 23.3 Å². The third-order valence-corrected chi connectivity index (χ3v) is 6.97. The Labute approximate surface area is 204 Å². The number of halogens is 2. The zero-order valence-corrected chi connectivity index (χ0v) is 19.8. The number of carbonyl (C=O) groups is 1. The lowest BCUT2D eigenvalue weighted by molar-refractivity contribution is -0.119. The molecular weight excluding hydrogens is 477 g/mol. The van der Waals surface area contributed by atoms with Gasteiger partial charge in [-0.1, -0.05) is 71.4 Å². The van der Waals surface area contributed by atoms with Gasteiger partial charge in [0.15, 0.2) is 5.16 Å². The Morgan fingerprint density at radius 2 is 1.64 bits per heavy atom. The Balaban J connectivity index is 1.41. The SMILES string of the molecule is O=C(CSc1nc2ccccc2c(=O)n1-c1cc(Cl)cc(Cl)c1)NC1Cc2ccccc2C1. The maximum absolute atomic E-state index is 13.3. The molecule has 8 heteroatoms. The first-order chi connectivity index (χ1) is 16.0. The van der Waals surface area contributed by atoms with Crippen LogP contribution in [0.15, 0.2) is 76.7 Å². The summed E-state index contributed by atoms with van der Waals surface area (Å²) in [6, 6.07) is 20.4. The molecule has 1 N–H and O–H groups in total. The molecule has 0 saturated heterocycles. The molecule has 0 fully saturated rings. The van der Waals surface area contributed by atoms with Gasteiger partial charge in [-0.05, 0) is 54.3 Å². The maximum atomic E-state index is 13.3. The predicted molar refractivity (Wildman–Crippen MR) is 134 cm³/mol. The highest BCUT2D eigenvalue weighted by atomic mass is 35.5. The first-order valence-electron chi connectivity index (χ1n) is 10.4. The third kappa shape index (κ3) is 4.64. The molecule has 0 spiro atoms. The molecule has 5 nitrogen and oxygen atoms in total. The van der Waals surface area contributed by atoms with E-state index in [9.17, 15) is 9.59 Å². The molecule has 166 valence electrons. The number of thioether (sulfide) groups is 1. The van der Waals surface area contributed by atoms with Crippen molar-refractivity contribution in [1.29, 1.82) is 0 Å². The second-order valence-corrected chi connectivity index (χ2v) is 9.73. The first kappa shape index (κ1) is 22.0. The van der Waals surface area contributed by atoms with Crippen molar-refractivity contribution >= 4 is 51.8 Å². The Morgan fingerprint density at radius 1 is 1.00 bits per heavy atom. The lowest BCUT2D eigenvalue weighted by Crippen LogP contribution is -2.36. The van der Waals surface area contributed by atoms with Crippen molar-refractivity contribution in [2.75, 3.05) is 5.75 Å². The van der Waals surface area contributed by atoms with Gasteiger partial charge in [0.2, 0.25) is 5.91 Å². The van der Waals surface area contributed by atoms with Gasteiger partial charge >= 0.3 is 0 Å². The van der Waals surface area contributed by atoms with Crippen LogP contribution in [-0.4, -0.2) is 27.3 Å². The number of nitrogens with one attached hydrogen (secondary N) is 1. The number of nitrogens with zero attached hydrogens (tertiary/aromatic N) is 2. The summed E-state index contributed by atoms with van der Waals surface area (Å²) in [5, 5.41) is 4.81. The van der Waals surface area contributed by atoms with Crippen molar-refractivity contribution in [3.8, 4) is 5.69 Å². The Bertz CT molecular complexity index is 1390. The van der Waals surface area contributed by atoms with E-state index < -0.39 is 0 Å². The van der Waals surface area contributed by atoms with Crippen LogP contribution in [0.4, 0.5) is 0 Å². The molecule has 0 unspecified atom stereocenters. The number of amides is 1. The summed E-state index contributed by atoms with van der Waals surface area (Å²) >= 11 is 13.6. The molecule has 0 radical (unpaired) electrons. The topological polar surface area (TPSA) is 64.0 Å². The third-order valence-electron chi connectivity index (χ3n) is 5.60. The van der Waals surface area contributed by atoms with Crippen LogP contribution >= 0.6 is 35.0 Å². The molecule has 0 saturated carbocycles. The van der Waals surface area contributed by atoms with Gasteiger partial charge < -0.3 is 5.32 Å². The number of para-hydroxylation sites is 1. The molecule has 1 aliphatic carbocycles. The second-order valence-electron chi connectivity index (χ2n) is 7.91. The Hall–Kier alpha value is -2.80. The maximum Gasteiger partial charge on any atom is 0.266 e. The molecular formula is C25H19Cl2N3O2S. The van der Waals surface area contributed by atoms with Crippen LogP contribution in [0.3, 0.4) is 0 Å². The predicted octanol–water partition coefficient (Wildman–Crippen LogP) is 5.07. The van der Waals surface area contributed by atoms with Gasteiger partial charge in [0.05, 0.1) is 22.3 Å². The normalized spacial score (nSPS) is 13.3. The molecule has 0 bridgehead atoms. The Kier molecular flexibility index (Phi) is 6.15.